The molecular weight excluding hydrogens is 278 g/mol. The van der Waals surface area contributed by atoms with Crippen molar-refractivity contribution in [1.29, 1.82) is 0 Å². The van der Waals surface area contributed by atoms with Crippen LogP contribution in [0.25, 0.3) is 0 Å². The summed E-state index contributed by atoms with van der Waals surface area (Å²) >= 11 is 5.78. The van der Waals surface area contributed by atoms with E-state index in [4.69, 9.17) is 11.6 Å². The minimum Gasteiger partial charge on any atom is -0.506 e. The number of nitrogens with zero attached hydrogens (tertiary/aromatic N) is 2. The molecule has 0 aliphatic carbocycles. The SMILES string of the molecule is CC(C)(C)n1cc(NC(=O)c2ccc(O)c(Cl)c2)cn1. The number of phenolic OH excluding ortho intramolecular Hbond substituents is 1. The summed E-state index contributed by atoms with van der Waals surface area (Å²) in [4.78, 5) is 12.0. The first-order chi connectivity index (χ1) is 9.27. The molecule has 0 fully saturated rings. The van der Waals surface area contributed by atoms with Crippen LogP contribution in [0.1, 0.15) is 31.1 Å². The number of benzene rings is 1. The van der Waals surface area contributed by atoms with Gasteiger partial charge in [-0.15, -0.1) is 0 Å². The molecule has 0 aliphatic rings. The molecule has 6 heteroatoms. The summed E-state index contributed by atoms with van der Waals surface area (Å²) in [5, 5.41) is 16.4. The zero-order chi connectivity index (χ0) is 14.9. The number of nitrogens with one attached hydrogen (secondary N) is 1. The van der Waals surface area contributed by atoms with Gasteiger partial charge in [-0.2, -0.15) is 5.10 Å². The van der Waals surface area contributed by atoms with E-state index in [1.54, 1.807) is 17.1 Å². The molecule has 0 aliphatic heterocycles. The maximum atomic E-state index is 12.0. The first kappa shape index (κ1) is 14.4. The van der Waals surface area contributed by atoms with E-state index < -0.39 is 0 Å². The summed E-state index contributed by atoms with van der Waals surface area (Å²) in [6.07, 6.45) is 3.35. The van der Waals surface area contributed by atoms with Gasteiger partial charge in [-0.25, -0.2) is 0 Å². The molecule has 1 amide bonds. The van der Waals surface area contributed by atoms with Crippen LogP contribution in [0.4, 0.5) is 5.69 Å². The lowest BCUT2D eigenvalue weighted by Crippen LogP contribution is -2.22. The molecule has 0 spiro atoms. The summed E-state index contributed by atoms with van der Waals surface area (Å²) < 4.78 is 1.77. The Labute approximate surface area is 122 Å². The van der Waals surface area contributed by atoms with E-state index in [1.807, 2.05) is 20.8 Å². The predicted molar refractivity (Wildman–Crippen MR) is 78.3 cm³/mol. The molecule has 1 aromatic heterocycles. The van der Waals surface area contributed by atoms with Gasteiger partial charge < -0.3 is 10.4 Å². The van der Waals surface area contributed by atoms with Gasteiger partial charge in [0, 0.05) is 11.8 Å². The van der Waals surface area contributed by atoms with Crippen molar-refractivity contribution in [3.63, 3.8) is 0 Å². The van der Waals surface area contributed by atoms with Crippen LogP contribution in [0, 0.1) is 0 Å². The number of rotatable bonds is 2. The number of halogens is 1. The molecule has 0 unspecified atom stereocenters. The Morgan fingerprint density at radius 2 is 2.10 bits per heavy atom. The molecule has 2 N–H and O–H groups in total. The molecule has 106 valence electrons. The number of amides is 1. The Bertz CT molecular complexity index is 644. The Hall–Kier alpha value is -2.01. The van der Waals surface area contributed by atoms with Crippen molar-refractivity contribution >= 4 is 23.2 Å². The number of anilines is 1. The standard InChI is InChI=1S/C14H16ClN3O2/c1-14(2,3)18-8-10(7-16-18)17-13(20)9-4-5-12(19)11(15)6-9/h4-8,19H,1-3H3,(H,17,20). The molecule has 1 aromatic carbocycles. The zero-order valence-corrected chi connectivity index (χ0v) is 12.3. The van der Waals surface area contributed by atoms with E-state index in [-0.39, 0.29) is 22.2 Å². The molecular formula is C14H16ClN3O2. The van der Waals surface area contributed by atoms with Crippen molar-refractivity contribution in [3.05, 3.63) is 41.2 Å². The number of hydrogen-bond donors (Lipinski definition) is 2. The lowest BCUT2D eigenvalue weighted by Gasteiger charge is -2.18. The third-order valence-electron chi connectivity index (χ3n) is 2.74. The molecule has 0 saturated heterocycles. The van der Waals surface area contributed by atoms with Crippen LogP contribution in [-0.2, 0) is 5.54 Å². The number of carbonyl (C=O) groups excluding carboxylic acids is 1. The van der Waals surface area contributed by atoms with E-state index in [1.165, 1.54) is 18.2 Å². The summed E-state index contributed by atoms with van der Waals surface area (Å²) in [6, 6.07) is 4.31. The maximum absolute atomic E-state index is 12.0. The number of aromatic hydroxyl groups is 1. The lowest BCUT2D eigenvalue weighted by molar-refractivity contribution is 0.102. The van der Waals surface area contributed by atoms with Gasteiger partial charge in [0.25, 0.3) is 5.91 Å². The van der Waals surface area contributed by atoms with Crippen LogP contribution < -0.4 is 5.32 Å². The topological polar surface area (TPSA) is 67.2 Å². The minimum atomic E-state index is -0.305. The van der Waals surface area contributed by atoms with E-state index in [9.17, 15) is 9.90 Å². The third kappa shape index (κ3) is 3.11. The van der Waals surface area contributed by atoms with Crippen molar-refractivity contribution in [2.45, 2.75) is 26.3 Å². The molecule has 0 atom stereocenters. The summed E-state index contributed by atoms with van der Waals surface area (Å²) in [7, 11) is 0. The fourth-order valence-electron chi connectivity index (χ4n) is 1.61. The first-order valence-electron chi connectivity index (χ1n) is 6.12. The van der Waals surface area contributed by atoms with E-state index in [2.05, 4.69) is 10.4 Å². The zero-order valence-electron chi connectivity index (χ0n) is 11.5. The highest BCUT2D eigenvalue weighted by atomic mass is 35.5. The molecule has 2 rings (SSSR count). The van der Waals surface area contributed by atoms with Gasteiger partial charge in [-0.3, -0.25) is 9.48 Å². The van der Waals surface area contributed by atoms with Crippen LogP contribution in [-0.4, -0.2) is 20.8 Å². The van der Waals surface area contributed by atoms with Crippen molar-refractivity contribution in [3.8, 4) is 5.75 Å². The summed E-state index contributed by atoms with van der Waals surface area (Å²) in [6.45, 7) is 6.06. The monoisotopic (exact) mass is 293 g/mol. The Morgan fingerprint density at radius 1 is 1.40 bits per heavy atom. The van der Waals surface area contributed by atoms with Crippen molar-refractivity contribution in [2.24, 2.45) is 0 Å². The first-order valence-corrected chi connectivity index (χ1v) is 6.50. The van der Waals surface area contributed by atoms with Gasteiger partial charge in [-0.05, 0) is 39.0 Å². The van der Waals surface area contributed by atoms with Crippen LogP contribution in [0.2, 0.25) is 5.02 Å². The van der Waals surface area contributed by atoms with Crippen molar-refractivity contribution < 1.29 is 9.90 Å². The number of aromatic nitrogens is 2. The van der Waals surface area contributed by atoms with Gasteiger partial charge in [0.15, 0.2) is 0 Å². The van der Waals surface area contributed by atoms with E-state index in [0.717, 1.165) is 0 Å². The fraction of sp³-hybridized carbons (Fsp3) is 0.286. The van der Waals surface area contributed by atoms with E-state index in [0.29, 0.717) is 11.3 Å². The highest BCUT2D eigenvalue weighted by Crippen LogP contribution is 2.24. The summed E-state index contributed by atoms with van der Waals surface area (Å²) in [5.41, 5.74) is 0.829. The Balaban J connectivity index is 2.15. The molecule has 1 heterocycles. The third-order valence-corrected chi connectivity index (χ3v) is 3.04. The van der Waals surface area contributed by atoms with Crippen LogP contribution in [0.5, 0.6) is 5.75 Å². The Kier molecular flexibility index (Phi) is 3.72. The molecule has 0 saturated carbocycles. The highest BCUT2D eigenvalue weighted by molar-refractivity contribution is 6.32. The smallest absolute Gasteiger partial charge is 0.255 e. The van der Waals surface area contributed by atoms with Crippen molar-refractivity contribution in [1.82, 2.24) is 9.78 Å². The second-order valence-corrected chi connectivity index (χ2v) is 5.87. The summed E-state index contributed by atoms with van der Waals surface area (Å²) in [5.74, 6) is -0.357. The second kappa shape index (κ2) is 5.17. The highest BCUT2D eigenvalue weighted by Gasteiger charge is 2.15. The van der Waals surface area contributed by atoms with E-state index >= 15 is 0 Å². The number of hydrogen-bond acceptors (Lipinski definition) is 3. The van der Waals surface area contributed by atoms with Crippen LogP contribution in [0.3, 0.4) is 0 Å². The van der Waals surface area contributed by atoms with Crippen LogP contribution >= 0.6 is 11.6 Å². The molecule has 20 heavy (non-hydrogen) atoms. The van der Waals surface area contributed by atoms with Gasteiger partial charge in [0.2, 0.25) is 0 Å². The van der Waals surface area contributed by atoms with Gasteiger partial charge in [0.1, 0.15) is 5.75 Å². The molecule has 2 aromatic rings. The quantitative estimate of drug-likeness (QED) is 0.893. The minimum absolute atomic E-state index is 0.0521. The van der Waals surface area contributed by atoms with Gasteiger partial charge in [-0.1, -0.05) is 11.6 Å². The largest absolute Gasteiger partial charge is 0.506 e. The second-order valence-electron chi connectivity index (χ2n) is 5.46. The van der Waals surface area contributed by atoms with Crippen LogP contribution in [0.15, 0.2) is 30.6 Å². The lowest BCUT2D eigenvalue weighted by atomic mass is 10.1. The average Bonchev–Trinajstić information content (AvgIpc) is 2.81. The fourth-order valence-corrected chi connectivity index (χ4v) is 1.79. The average molecular weight is 294 g/mol. The molecule has 0 radical (unpaired) electrons. The predicted octanol–water partition coefficient (Wildman–Crippen LogP) is 3.25. The number of carbonyl (C=O) groups is 1. The normalized spacial score (nSPS) is 11.4. The maximum Gasteiger partial charge on any atom is 0.255 e. The molecule has 0 bridgehead atoms. The van der Waals surface area contributed by atoms with Gasteiger partial charge >= 0.3 is 0 Å². The van der Waals surface area contributed by atoms with Crippen molar-refractivity contribution in [2.75, 3.05) is 5.32 Å². The number of phenols is 1. The Morgan fingerprint density at radius 3 is 2.65 bits per heavy atom. The van der Waals surface area contributed by atoms with Gasteiger partial charge in [0.05, 0.1) is 22.4 Å². The molecule has 5 nitrogen and oxygen atoms in total.